The maximum Gasteiger partial charge on any atom is 0.120 e. The molecular weight excluding hydrogens is 266 g/mol. The lowest BCUT2D eigenvalue weighted by atomic mass is 10.1. The molecule has 1 aliphatic rings. The fourth-order valence-electron chi connectivity index (χ4n) is 2.00. The Morgan fingerprint density at radius 3 is 2.65 bits per heavy atom. The fraction of sp³-hybridized carbons (Fsp3) is 0.294. The Hall–Kier alpha value is -1.45. The van der Waals surface area contributed by atoms with E-state index in [1.54, 1.807) is 11.8 Å². The number of thioether (sulfide) groups is 1. The zero-order valence-electron chi connectivity index (χ0n) is 11.4. The van der Waals surface area contributed by atoms with Crippen LogP contribution in [0.4, 0.5) is 0 Å². The summed E-state index contributed by atoms with van der Waals surface area (Å²) in [4.78, 5) is 1.26. The Kier molecular flexibility index (Phi) is 4.28. The minimum absolute atomic E-state index is 0.0305. The zero-order valence-corrected chi connectivity index (χ0v) is 12.2. The lowest BCUT2D eigenvalue weighted by Crippen LogP contribution is -2.13. The molecule has 1 aliphatic carbocycles. The van der Waals surface area contributed by atoms with Crippen LogP contribution in [0.3, 0.4) is 0 Å². The van der Waals surface area contributed by atoms with Crippen LogP contribution < -0.4 is 10.5 Å². The summed E-state index contributed by atoms with van der Waals surface area (Å²) in [6, 6.07) is 18.6. The van der Waals surface area contributed by atoms with E-state index in [1.807, 2.05) is 18.2 Å². The Bertz CT molecular complexity index is 554. The third-order valence-electron chi connectivity index (χ3n) is 3.29. The van der Waals surface area contributed by atoms with Gasteiger partial charge in [-0.1, -0.05) is 30.3 Å². The van der Waals surface area contributed by atoms with Crippen molar-refractivity contribution in [1.29, 1.82) is 0 Å². The molecule has 3 heteroatoms. The van der Waals surface area contributed by atoms with Crippen LogP contribution >= 0.6 is 11.8 Å². The highest BCUT2D eigenvalue weighted by molar-refractivity contribution is 7.99. The molecule has 2 nitrogen and oxygen atoms in total. The lowest BCUT2D eigenvalue weighted by molar-refractivity contribution is 0.303. The first kappa shape index (κ1) is 13.5. The Labute approximate surface area is 124 Å². The number of rotatable bonds is 6. The molecule has 0 spiro atoms. The quantitative estimate of drug-likeness (QED) is 0.814. The number of ether oxygens (including phenoxy) is 1. The van der Waals surface area contributed by atoms with Crippen LogP contribution in [0, 0.1) is 0 Å². The Balaban J connectivity index is 1.59. The van der Waals surface area contributed by atoms with E-state index in [2.05, 4.69) is 36.4 Å². The van der Waals surface area contributed by atoms with Crippen LogP contribution in [0.25, 0.3) is 0 Å². The summed E-state index contributed by atoms with van der Waals surface area (Å²) in [5.41, 5.74) is 7.43. The van der Waals surface area contributed by atoms with Crippen molar-refractivity contribution < 1.29 is 4.74 Å². The highest BCUT2D eigenvalue weighted by Crippen LogP contribution is 2.29. The summed E-state index contributed by atoms with van der Waals surface area (Å²) in [7, 11) is 0. The monoisotopic (exact) mass is 285 g/mol. The van der Waals surface area contributed by atoms with Crippen LogP contribution in [0.2, 0.25) is 0 Å². The average molecular weight is 285 g/mol. The molecule has 104 valence electrons. The third kappa shape index (κ3) is 3.78. The van der Waals surface area contributed by atoms with E-state index in [0.29, 0.717) is 6.10 Å². The zero-order chi connectivity index (χ0) is 13.8. The highest BCUT2D eigenvalue weighted by Gasteiger charge is 2.23. The fourth-order valence-corrected chi connectivity index (χ4v) is 2.91. The molecule has 0 aliphatic heterocycles. The topological polar surface area (TPSA) is 35.2 Å². The van der Waals surface area contributed by atoms with Crippen LogP contribution in [-0.2, 0) is 0 Å². The largest absolute Gasteiger partial charge is 0.490 e. The minimum Gasteiger partial charge on any atom is -0.490 e. The highest BCUT2D eigenvalue weighted by atomic mass is 32.2. The average Bonchev–Trinajstić information content (AvgIpc) is 3.30. The number of benzene rings is 2. The lowest BCUT2D eigenvalue weighted by Gasteiger charge is -2.13. The van der Waals surface area contributed by atoms with Gasteiger partial charge in [0.15, 0.2) is 0 Å². The van der Waals surface area contributed by atoms with Crippen LogP contribution in [-0.4, -0.2) is 11.9 Å². The predicted octanol–water partition coefficient (Wildman–Crippen LogP) is 4.02. The maximum atomic E-state index is 6.28. The SMILES string of the molecule is NC(CSc1ccccc1)c1cccc(OC2CC2)c1. The van der Waals surface area contributed by atoms with Gasteiger partial charge in [0.2, 0.25) is 0 Å². The Morgan fingerprint density at radius 1 is 1.10 bits per heavy atom. The van der Waals surface area contributed by atoms with Crippen LogP contribution in [0.5, 0.6) is 5.75 Å². The van der Waals surface area contributed by atoms with Crippen molar-refractivity contribution in [1.82, 2.24) is 0 Å². The van der Waals surface area contributed by atoms with Gasteiger partial charge in [-0.15, -0.1) is 11.8 Å². The third-order valence-corrected chi connectivity index (χ3v) is 4.42. The van der Waals surface area contributed by atoms with E-state index in [4.69, 9.17) is 10.5 Å². The number of hydrogen-bond donors (Lipinski definition) is 1. The van der Waals surface area contributed by atoms with E-state index in [0.717, 1.165) is 17.1 Å². The molecule has 0 heterocycles. The molecule has 0 radical (unpaired) electrons. The van der Waals surface area contributed by atoms with Gasteiger partial charge in [-0.05, 0) is 42.7 Å². The smallest absolute Gasteiger partial charge is 0.120 e. The van der Waals surface area contributed by atoms with Gasteiger partial charge in [-0.2, -0.15) is 0 Å². The van der Waals surface area contributed by atoms with Gasteiger partial charge < -0.3 is 10.5 Å². The van der Waals surface area contributed by atoms with Crippen molar-refractivity contribution in [3.05, 3.63) is 60.2 Å². The predicted molar refractivity (Wildman–Crippen MR) is 84.2 cm³/mol. The summed E-state index contributed by atoms with van der Waals surface area (Å²) in [6.45, 7) is 0. The molecule has 1 fully saturated rings. The normalized spacial score (nSPS) is 15.8. The molecule has 0 saturated heterocycles. The van der Waals surface area contributed by atoms with Crippen molar-refractivity contribution in [3.8, 4) is 5.75 Å². The summed E-state index contributed by atoms with van der Waals surface area (Å²) >= 11 is 1.79. The van der Waals surface area contributed by atoms with Crippen molar-refractivity contribution >= 4 is 11.8 Å². The van der Waals surface area contributed by atoms with E-state index in [1.165, 1.54) is 17.7 Å². The van der Waals surface area contributed by atoms with Gasteiger partial charge in [-0.25, -0.2) is 0 Å². The first-order chi connectivity index (χ1) is 9.81. The van der Waals surface area contributed by atoms with Gasteiger partial charge >= 0.3 is 0 Å². The van der Waals surface area contributed by atoms with Crippen molar-refractivity contribution in [2.45, 2.75) is 29.9 Å². The number of nitrogens with two attached hydrogens (primary N) is 1. The van der Waals surface area contributed by atoms with E-state index < -0.39 is 0 Å². The van der Waals surface area contributed by atoms with Crippen LogP contribution in [0.15, 0.2) is 59.5 Å². The molecule has 1 atom stereocenters. The molecule has 1 saturated carbocycles. The minimum atomic E-state index is 0.0305. The molecule has 20 heavy (non-hydrogen) atoms. The standard InChI is InChI=1S/C17H19NOS/c18-17(12-20-16-7-2-1-3-8-16)13-5-4-6-15(11-13)19-14-9-10-14/h1-8,11,14,17H,9-10,12,18H2. The van der Waals surface area contributed by atoms with Crippen molar-refractivity contribution in [2.75, 3.05) is 5.75 Å². The molecule has 2 N–H and O–H groups in total. The first-order valence-corrected chi connectivity index (χ1v) is 8.00. The maximum absolute atomic E-state index is 6.28. The second-order valence-corrected chi connectivity index (χ2v) is 6.21. The first-order valence-electron chi connectivity index (χ1n) is 7.01. The molecule has 0 bridgehead atoms. The summed E-state index contributed by atoms with van der Waals surface area (Å²) in [6.07, 6.45) is 2.79. The summed E-state index contributed by atoms with van der Waals surface area (Å²) in [5.74, 6) is 1.82. The van der Waals surface area contributed by atoms with E-state index in [-0.39, 0.29) is 6.04 Å². The Morgan fingerprint density at radius 2 is 1.90 bits per heavy atom. The molecule has 3 rings (SSSR count). The van der Waals surface area contributed by atoms with Crippen molar-refractivity contribution in [2.24, 2.45) is 5.73 Å². The summed E-state index contributed by atoms with van der Waals surface area (Å²) in [5, 5.41) is 0. The van der Waals surface area contributed by atoms with Gasteiger partial charge in [0, 0.05) is 16.7 Å². The van der Waals surface area contributed by atoms with Crippen molar-refractivity contribution in [3.63, 3.8) is 0 Å². The molecule has 2 aromatic carbocycles. The second-order valence-electron chi connectivity index (χ2n) is 5.12. The van der Waals surface area contributed by atoms with Gasteiger partial charge in [-0.3, -0.25) is 0 Å². The van der Waals surface area contributed by atoms with E-state index in [9.17, 15) is 0 Å². The second kappa shape index (κ2) is 6.33. The molecule has 0 amide bonds. The molecular formula is C17H19NOS. The van der Waals surface area contributed by atoms with Gasteiger partial charge in [0.25, 0.3) is 0 Å². The van der Waals surface area contributed by atoms with Gasteiger partial charge in [0.1, 0.15) is 5.75 Å². The van der Waals surface area contributed by atoms with Crippen LogP contribution in [0.1, 0.15) is 24.4 Å². The van der Waals surface area contributed by atoms with Gasteiger partial charge in [0.05, 0.1) is 6.10 Å². The summed E-state index contributed by atoms with van der Waals surface area (Å²) < 4.78 is 5.82. The molecule has 2 aromatic rings. The molecule has 1 unspecified atom stereocenters. The van der Waals surface area contributed by atoms with E-state index >= 15 is 0 Å². The number of hydrogen-bond acceptors (Lipinski definition) is 3. The molecule has 0 aromatic heterocycles.